The Morgan fingerprint density at radius 2 is 2.25 bits per heavy atom. The van der Waals surface area contributed by atoms with Crippen LogP contribution in [0.5, 0.6) is 0 Å². The van der Waals surface area contributed by atoms with E-state index in [-0.39, 0.29) is 0 Å². The largest absolute Gasteiger partial charge is 0.381 e. The van der Waals surface area contributed by atoms with E-state index < -0.39 is 0 Å². The molecule has 5 heteroatoms. The molecule has 1 aliphatic rings. The van der Waals surface area contributed by atoms with E-state index in [1.807, 2.05) is 18.0 Å². The molecule has 0 amide bonds. The first-order valence-corrected chi connectivity index (χ1v) is 5.35. The maximum Gasteiger partial charge on any atom is 0.226 e. The molecule has 0 unspecified atom stereocenters. The topological polar surface area (TPSA) is 62.0 Å². The molecule has 0 N–H and O–H groups in total. The quantitative estimate of drug-likeness (QED) is 0.740. The lowest BCUT2D eigenvalue weighted by Crippen LogP contribution is -2.37. The van der Waals surface area contributed by atoms with Gasteiger partial charge in [-0.05, 0) is 18.9 Å². The van der Waals surface area contributed by atoms with E-state index in [0.717, 1.165) is 26.1 Å². The number of ether oxygens (including phenoxy) is 1. The fourth-order valence-electron chi connectivity index (χ4n) is 1.82. The van der Waals surface area contributed by atoms with Crippen LogP contribution in [0.2, 0.25) is 0 Å². The van der Waals surface area contributed by atoms with Crippen molar-refractivity contribution < 1.29 is 4.74 Å². The van der Waals surface area contributed by atoms with Gasteiger partial charge in [-0.2, -0.15) is 5.26 Å². The Labute approximate surface area is 94.7 Å². The average Bonchev–Trinajstić information content (AvgIpc) is 2.39. The molecule has 84 valence electrons. The van der Waals surface area contributed by atoms with Crippen LogP contribution in [0.1, 0.15) is 18.5 Å². The van der Waals surface area contributed by atoms with Gasteiger partial charge in [0.25, 0.3) is 0 Å². The third-order valence-electron chi connectivity index (χ3n) is 2.81. The van der Waals surface area contributed by atoms with Gasteiger partial charge < -0.3 is 9.64 Å². The minimum Gasteiger partial charge on any atom is -0.381 e. The number of rotatable bonds is 2. The first-order valence-electron chi connectivity index (χ1n) is 5.35. The van der Waals surface area contributed by atoms with E-state index in [4.69, 9.17) is 10.00 Å². The zero-order chi connectivity index (χ0) is 11.4. The number of anilines is 1. The first kappa shape index (κ1) is 10.8. The lowest BCUT2D eigenvalue weighted by molar-refractivity contribution is 0.0852. The fourth-order valence-corrected chi connectivity index (χ4v) is 1.82. The van der Waals surface area contributed by atoms with Crippen LogP contribution in [0, 0.1) is 11.3 Å². The third kappa shape index (κ3) is 2.28. The Hall–Kier alpha value is -1.67. The molecule has 0 bridgehead atoms. The lowest BCUT2D eigenvalue weighted by atomic mass is 10.1. The van der Waals surface area contributed by atoms with E-state index in [1.165, 1.54) is 0 Å². The van der Waals surface area contributed by atoms with Gasteiger partial charge in [0.1, 0.15) is 11.8 Å². The van der Waals surface area contributed by atoms with Crippen molar-refractivity contribution in [2.75, 3.05) is 25.2 Å². The molecular weight excluding hydrogens is 204 g/mol. The maximum atomic E-state index is 8.78. The zero-order valence-electron chi connectivity index (χ0n) is 9.26. The molecule has 1 saturated heterocycles. The molecule has 1 aromatic heterocycles. The van der Waals surface area contributed by atoms with Crippen LogP contribution in [0.4, 0.5) is 5.95 Å². The zero-order valence-corrected chi connectivity index (χ0v) is 9.26. The molecule has 16 heavy (non-hydrogen) atoms. The van der Waals surface area contributed by atoms with Crippen molar-refractivity contribution >= 4 is 5.95 Å². The number of nitriles is 1. The van der Waals surface area contributed by atoms with Crippen molar-refractivity contribution in [1.82, 2.24) is 9.97 Å². The van der Waals surface area contributed by atoms with Crippen molar-refractivity contribution in [3.05, 3.63) is 18.0 Å². The van der Waals surface area contributed by atoms with E-state index in [1.54, 1.807) is 12.3 Å². The van der Waals surface area contributed by atoms with Gasteiger partial charge in [0.05, 0.1) is 0 Å². The van der Waals surface area contributed by atoms with Gasteiger partial charge in [-0.3, -0.25) is 0 Å². The molecular formula is C11H14N4O. The molecule has 2 heterocycles. The van der Waals surface area contributed by atoms with Crippen molar-refractivity contribution in [2.24, 2.45) is 0 Å². The Balaban J connectivity index is 2.13. The summed E-state index contributed by atoms with van der Waals surface area (Å²) in [4.78, 5) is 10.4. The number of hydrogen-bond donors (Lipinski definition) is 0. The van der Waals surface area contributed by atoms with Crippen LogP contribution >= 0.6 is 0 Å². The number of nitrogens with zero attached hydrogens (tertiary/aromatic N) is 4. The number of hydrogen-bond acceptors (Lipinski definition) is 5. The van der Waals surface area contributed by atoms with Gasteiger partial charge in [0.15, 0.2) is 0 Å². The molecule has 0 spiro atoms. The molecule has 1 aromatic rings. The van der Waals surface area contributed by atoms with Crippen LogP contribution in [0.25, 0.3) is 0 Å². The third-order valence-corrected chi connectivity index (χ3v) is 2.81. The summed E-state index contributed by atoms with van der Waals surface area (Å²) in [6.07, 6.45) is 3.59. The van der Waals surface area contributed by atoms with Crippen molar-refractivity contribution in [3.63, 3.8) is 0 Å². The molecule has 1 aliphatic heterocycles. The van der Waals surface area contributed by atoms with E-state index in [0.29, 0.717) is 17.7 Å². The highest BCUT2D eigenvalue weighted by atomic mass is 16.5. The Kier molecular flexibility index (Phi) is 3.32. The first-order chi connectivity index (χ1) is 7.81. The van der Waals surface area contributed by atoms with Gasteiger partial charge in [0, 0.05) is 32.5 Å². The predicted octanol–water partition coefficient (Wildman–Crippen LogP) is 0.963. The molecule has 2 rings (SSSR count). The molecule has 0 aromatic carbocycles. The summed E-state index contributed by atoms with van der Waals surface area (Å²) in [6.45, 7) is 1.57. The summed E-state index contributed by atoms with van der Waals surface area (Å²) in [5.74, 6) is 0.617. The molecule has 0 aliphatic carbocycles. The summed E-state index contributed by atoms with van der Waals surface area (Å²) >= 11 is 0. The molecule has 0 atom stereocenters. The van der Waals surface area contributed by atoms with E-state index in [2.05, 4.69) is 9.97 Å². The van der Waals surface area contributed by atoms with Crippen molar-refractivity contribution in [1.29, 1.82) is 5.26 Å². The summed E-state index contributed by atoms with van der Waals surface area (Å²) in [7, 11) is 1.96. The summed E-state index contributed by atoms with van der Waals surface area (Å²) in [6, 6.07) is 4.04. The maximum absolute atomic E-state index is 8.78. The van der Waals surface area contributed by atoms with Gasteiger partial charge in [-0.1, -0.05) is 0 Å². The second kappa shape index (κ2) is 4.90. The second-order valence-electron chi connectivity index (χ2n) is 3.81. The summed E-state index contributed by atoms with van der Waals surface area (Å²) in [5, 5.41) is 8.78. The lowest BCUT2D eigenvalue weighted by Gasteiger charge is -2.31. The predicted molar refractivity (Wildman–Crippen MR) is 59.0 cm³/mol. The van der Waals surface area contributed by atoms with Crippen LogP contribution in [0.15, 0.2) is 12.3 Å². The normalized spacial score (nSPS) is 16.8. The van der Waals surface area contributed by atoms with E-state index >= 15 is 0 Å². The molecule has 0 saturated carbocycles. The Morgan fingerprint density at radius 1 is 1.50 bits per heavy atom. The van der Waals surface area contributed by atoms with Gasteiger partial charge in [-0.25, -0.2) is 9.97 Å². The van der Waals surface area contributed by atoms with Crippen LogP contribution in [-0.2, 0) is 4.74 Å². The van der Waals surface area contributed by atoms with Crippen molar-refractivity contribution in [3.8, 4) is 6.07 Å². The Bertz CT molecular complexity index is 395. The van der Waals surface area contributed by atoms with Gasteiger partial charge in [-0.15, -0.1) is 0 Å². The molecule has 5 nitrogen and oxygen atoms in total. The Morgan fingerprint density at radius 3 is 2.94 bits per heavy atom. The number of aromatic nitrogens is 2. The van der Waals surface area contributed by atoms with Gasteiger partial charge in [0.2, 0.25) is 5.95 Å². The van der Waals surface area contributed by atoms with Crippen molar-refractivity contribution in [2.45, 2.75) is 18.9 Å². The van der Waals surface area contributed by atoms with Gasteiger partial charge >= 0.3 is 0 Å². The summed E-state index contributed by atoms with van der Waals surface area (Å²) < 4.78 is 5.31. The highest BCUT2D eigenvalue weighted by Crippen LogP contribution is 2.17. The summed E-state index contributed by atoms with van der Waals surface area (Å²) in [5.41, 5.74) is 0.406. The minimum atomic E-state index is 0.405. The van der Waals surface area contributed by atoms with Crippen LogP contribution in [-0.4, -0.2) is 36.3 Å². The van der Waals surface area contributed by atoms with E-state index in [9.17, 15) is 0 Å². The highest BCUT2D eigenvalue weighted by Gasteiger charge is 2.20. The smallest absolute Gasteiger partial charge is 0.226 e. The molecule has 0 radical (unpaired) electrons. The monoisotopic (exact) mass is 218 g/mol. The standard InChI is InChI=1S/C11H14N4O/c1-15(10-3-6-16-7-4-10)11-13-5-2-9(8-12)14-11/h2,5,10H,3-4,6-7H2,1H3. The van der Waals surface area contributed by atoms with Crippen LogP contribution in [0.3, 0.4) is 0 Å². The van der Waals surface area contributed by atoms with Crippen LogP contribution < -0.4 is 4.90 Å². The highest BCUT2D eigenvalue weighted by molar-refractivity contribution is 5.33. The second-order valence-corrected chi connectivity index (χ2v) is 3.81. The molecule has 1 fully saturated rings. The fraction of sp³-hybridized carbons (Fsp3) is 0.545. The SMILES string of the molecule is CN(c1nccc(C#N)n1)C1CCOCC1. The average molecular weight is 218 g/mol. The minimum absolute atomic E-state index is 0.405.